The van der Waals surface area contributed by atoms with Gasteiger partial charge in [0, 0.05) is 29.6 Å². The van der Waals surface area contributed by atoms with Crippen molar-refractivity contribution in [1.29, 1.82) is 0 Å². The van der Waals surface area contributed by atoms with E-state index < -0.39 is 0 Å². The molecule has 3 aromatic heterocycles. The number of imidazole rings is 1. The second-order valence-corrected chi connectivity index (χ2v) is 9.32. The number of aromatic nitrogens is 4. The van der Waals surface area contributed by atoms with Crippen LogP contribution in [0.15, 0.2) is 83.7 Å². The van der Waals surface area contributed by atoms with Crippen LogP contribution in [0, 0.1) is 6.92 Å². The molecule has 7 nitrogen and oxygen atoms in total. The number of Topliss-reactive ketones (excluding diaryl/α,β-unsaturated/α-hetero) is 1. The number of hydrogen-bond acceptors (Lipinski definition) is 6. The summed E-state index contributed by atoms with van der Waals surface area (Å²) < 4.78 is 5.10. The Labute approximate surface area is 216 Å². The topological polar surface area (TPSA) is 96.7 Å². The molecule has 0 radical (unpaired) electrons. The van der Waals surface area contributed by atoms with Crippen molar-refractivity contribution < 1.29 is 9.21 Å². The van der Waals surface area contributed by atoms with E-state index >= 15 is 0 Å². The average molecular weight is 494 g/mol. The van der Waals surface area contributed by atoms with Gasteiger partial charge in [0.1, 0.15) is 12.1 Å². The van der Waals surface area contributed by atoms with Gasteiger partial charge >= 0.3 is 0 Å². The van der Waals surface area contributed by atoms with Crippen LogP contribution in [0.1, 0.15) is 65.9 Å². The summed E-state index contributed by atoms with van der Waals surface area (Å²) in [5.41, 5.74) is 5.31. The maximum Gasteiger partial charge on any atom is 0.263 e. The number of carbonyl (C=O) groups is 1. The first-order valence-corrected chi connectivity index (χ1v) is 12.8. The molecule has 1 unspecified atom stereocenters. The highest BCUT2D eigenvalue weighted by molar-refractivity contribution is 5.91. The van der Waals surface area contributed by atoms with E-state index in [1.54, 1.807) is 0 Å². The van der Waals surface area contributed by atoms with Gasteiger partial charge in [0.25, 0.3) is 5.89 Å². The second kappa shape index (κ2) is 11.8. The van der Waals surface area contributed by atoms with Crippen LogP contribution in [-0.2, 0) is 6.54 Å². The van der Waals surface area contributed by atoms with Crippen molar-refractivity contribution in [2.24, 2.45) is 0 Å². The molecular weight excluding hydrogens is 462 g/mol. The first-order chi connectivity index (χ1) is 18.2. The Hall–Kier alpha value is -4.10. The highest BCUT2D eigenvalue weighted by Gasteiger charge is 2.16. The fraction of sp³-hybridized carbons (Fsp3) is 0.267. The van der Waals surface area contributed by atoms with Crippen molar-refractivity contribution in [3.8, 4) is 11.3 Å². The van der Waals surface area contributed by atoms with Crippen molar-refractivity contribution in [3.63, 3.8) is 0 Å². The highest BCUT2D eigenvalue weighted by Crippen LogP contribution is 2.26. The van der Waals surface area contributed by atoms with Crippen molar-refractivity contribution in [3.05, 3.63) is 102 Å². The first-order valence-electron chi connectivity index (χ1n) is 12.8. The molecule has 1 atom stereocenters. The number of hydrogen-bond donors (Lipinski definition) is 2. The van der Waals surface area contributed by atoms with Gasteiger partial charge in [0.05, 0.1) is 29.6 Å². The number of unbranched alkanes of at least 4 members (excludes halogenated alkanes) is 2. The number of fused-ring (bicyclic) bond motifs is 1. The Balaban J connectivity index is 1.25. The standard InChI is InChI=1S/C30H31N5O2/c1-21-12-13-23-18-24(14-15-25(23)34-21)27-20-33-29(35-27)26(32-19-22-8-4-2-5-9-22)10-6-3-7-11-28(36)30-31-16-17-37-30/h2,4-5,8-9,12-18,20,26,32H,3,6-7,10-11,19H2,1H3,(H,33,35). The monoisotopic (exact) mass is 493 g/mol. The minimum absolute atomic E-state index is 0.0415. The van der Waals surface area contributed by atoms with Gasteiger partial charge in [-0.1, -0.05) is 55.3 Å². The van der Waals surface area contributed by atoms with Gasteiger partial charge in [0.15, 0.2) is 0 Å². The third-order valence-electron chi connectivity index (χ3n) is 6.53. The van der Waals surface area contributed by atoms with Gasteiger partial charge in [-0.3, -0.25) is 9.78 Å². The summed E-state index contributed by atoms with van der Waals surface area (Å²) in [5, 5.41) is 4.79. The Morgan fingerprint density at radius 2 is 1.92 bits per heavy atom. The number of H-pyrrole nitrogens is 1. The van der Waals surface area contributed by atoms with Crippen LogP contribution < -0.4 is 5.32 Å². The smallest absolute Gasteiger partial charge is 0.263 e. The Kier molecular flexibility index (Phi) is 7.81. The van der Waals surface area contributed by atoms with Crippen LogP contribution >= 0.6 is 0 Å². The molecule has 0 aliphatic heterocycles. The third-order valence-corrected chi connectivity index (χ3v) is 6.53. The molecule has 0 saturated carbocycles. The van der Waals surface area contributed by atoms with Crippen molar-refractivity contribution in [2.45, 2.75) is 51.6 Å². The van der Waals surface area contributed by atoms with Gasteiger partial charge in [-0.05, 0) is 43.5 Å². The van der Waals surface area contributed by atoms with Gasteiger partial charge < -0.3 is 14.7 Å². The average Bonchev–Trinajstić information content (AvgIpc) is 3.64. The van der Waals surface area contributed by atoms with E-state index in [1.807, 2.05) is 25.3 Å². The van der Waals surface area contributed by atoms with Gasteiger partial charge in [0.2, 0.25) is 5.78 Å². The van der Waals surface area contributed by atoms with E-state index in [9.17, 15) is 4.79 Å². The molecule has 0 amide bonds. The van der Waals surface area contributed by atoms with Crippen molar-refractivity contribution in [2.75, 3.05) is 0 Å². The first kappa shape index (κ1) is 24.6. The molecule has 7 heteroatoms. The third kappa shape index (κ3) is 6.37. The molecular formula is C30H31N5O2. The summed E-state index contributed by atoms with van der Waals surface area (Å²) in [6.07, 6.45) is 8.93. The van der Waals surface area contributed by atoms with Crippen LogP contribution in [0.2, 0.25) is 0 Å². The lowest BCUT2D eigenvalue weighted by Gasteiger charge is -2.17. The van der Waals surface area contributed by atoms with Crippen molar-refractivity contribution >= 4 is 16.7 Å². The second-order valence-electron chi connectivity index (χ2n) is 9.32. The number of nitrogens with one attached hydrogen (secondary N) is 2. The zero-order chi connectivity index (χ0) is 25.5. The summed E-state index contributed by atoms with van der Waals surface area (Å²) >= 11 is 0. The van der Waals surface area contributed by atoms with Crippen LogP contribution in [-0.4, -0.2) is 25.7 Å². The van der Waals surface area contributed by atoms with E-state index in [1.165, 1.54) is 18.0 Å². The fourth-order valence-corrected chi connectivity index (χ4v) is 4.51. The maximum absolute atomic E-state index is 12.1. The molecule has 2 N–H and O–H groups in total. The molecule has 0 bridgehead atoms. The quantitative estimate of drug-likeness (QED) is 0.150. The molecule has 5 aromatic rings. The predicted molar refractivity (Wildman–Crippen MR) is 144 cm³/mol. The number of aromatic amines is 1. The number of rotatable bonds is 12. The molecule has 188 valence electrons. The summed E-state index contributed by atoms with van der Waals surface area (Å²) in [5.74, 6) is 1.08. The van der Waals surface area contributed by atoms with Gasteiger partial charge in [-0.25, -0.2) is 9.97 Å². The SMILES string of the molecule is Cc1ccc2cc(-c3cnc(C(CCCCCC(=O)c4ncco4)NCc4ccccc4)[nH]3)ccc2n1. The number of nitrogens with zero attached hydrogens (tertiary/aromatic N) is 3. The van der Waals surface area contributed by atoms with Crippen LogP contribution in [0.25, 0.3) is 22.2 Å². The lowest BCUT2D eigenvalue weighted by Crippen LogP contribution is -2.22. The molecule has 2 aromatic carbocycles. The number of carbonyl (C=O) groups excluding carboxylic acids is 1. The van der Waals surface area contributed by atoms with E-state index in [-0.39, 0.29) is 17.7 Å². The van der Waals surface area contributed by atoms with Crippen LogP contribution in [0.5, 0.6) is 0 Å². The number of aryl methyl sites for hydroxylation is 1. The normalized spacial score (nSPS) is 12.1. The summed E-state index contributed by atoms with van der Waals surface area (Å²) in [7, 11) is 0. The summed E-state index contributed by atoms with van der Waals surface area (Å²) in [6, 6.07) is 20.9. The van der Waals surface area contributed by atoms with Gasteiger partial charge in [-0.15, -0.1) is 0 Å². The van der Waals surface area contributed by atoms with Crippen molar-refractivity contribution in [1.82, 2.24) is 25.3 Å². The Morgan fingerprint density at radius 1 is 1.03 bits per heavy atom. The molecule has 5 rings (SSSR count). The summed E-state index contributed by atoms with van der Waals surface area (Å²) in [4.78, 5) is 29.0. The minimum Gasteiger partial charge on any atom is -0.442 e. The largest absolute Gasteiger partial charge is 0.442 e. The number of ketones is 1. The zero-order valence-electron chi connectivity index (χ0n) is 21.0. The summed E-state index contributed by atoms with van der Waals surface area (Å²) in [6.45, 7) is 2.76. The Bertz CT molecular complexity index is 1440. The van der Waals surface area contributed by atoms with Crippen LogP contribution in [0.3, 0.4) is 0 Å². The minimum atomic E-state index is -0.0415. The van der Waals surface area contributed by atoms with E-state index in [4.69, 9.17) is 9.40 Å². The number of oxazole rings is 1. The fourth-order valence-electron chi connectivity index (χ4n) is 4.51. The molecule has 3 heterocycles. The Morgan fingerprint density at radius 3 is 2.76 bits per heavy atom. The molecule has 37 heavy (non-hydrogen) atoms. The highest BCUT2D eigenvalue weighted by atomic mass is 16.3. The molecule has 0 spiro atoms. The van der Waals surface area contributed by atoms with Crippen LogP contribution in [0.4, 0.5) is 0 Å². The molecule has 0 aliphatic carbocycles. The van der Waals surface area contributed by atoms with E-state index in [2.05, 4.69) is 68.8 Å². The van der Waals surface area contributed by atoms with E-state index in [0.717, 1.165) is 65.9 Å². The predicted octanol–water partition coefficient (Wildman–Crippen LogP) is 6.59. The van der Waals surface area contributed by atoms with Gasteiger partial charge in [-0.2, -0.15) is 0 Å². The lowest BCUT2D eigenvalue weighted by atomic mass is 10.0. The molecule has 0 fully saturated rings. The number of benzene rings is 2. The molecule has 0 saturated heterocycles. The van der Waals surface area contributed by atoms with E-state index in [0.29, 0.717) is 6.42 Å². The number of pyridine rings is 1. The maximum atomic E-state index is 12.1. The lowest BCUT2D eigenvalue weighted by molar-refractivity contribution is 0.0945. The molecule has 0 aliphatic rings. The zero-order valence-corrected chi connectivity index (χ0v) is 21.0.